The average Bonchev–Trinajstić information content (AvgIpc) is 2.39. The van der Waals surface area contributed by atoms with Gasteiger partial charge in [-0.3, -0.25) is 0 Å². The molecule has 0 aliphatic heterocycles. The number of nitrogens with zero attached hydrogens (tertiary/aromatic N) is 2. The van der Waals surface area contributed by atoms with Crippen molar-refractivity contribution in [2.24, 2.45) is 5.84 Å². The molecule has 0 amide bonds. The minimum Gasteiger partial charge on any atom is -0.472 e. The second-order valence-electron chi connectivity index (χ2n) is 3.68. The lowest BCUT2D eigenvalue weighted by atomic mass is 10.2. The maximum atomic E-state index is 13.4. The number of nitrogens with two attached hydrogens (primary N) is 1. The van der Waals surface area contributed by atoms with Crippen molar-refractivity contribution >= 4 is 5.82 Å². The SMILES string of the molecule is Cc1c(NN)ncnc1OCc1ccccc1F. The number of hydrogen-bond acceptors (Lipinski definition) is 5. The van der Waals surface area contributed by atoms with E-state index < -0.39 is 0 Å². The van der Waals surface area contributed by atoms with Crippen LogP contribution in [0.3, 0.4) is 0 Å². The number of hydrogen-bond donors (Lipinski definition) is 2. The fraction of sp³-hybridized carbons (Fsp3) is 0.167. The van der Waals surface area contributed by atoms with Gasteiger partial charge in [0.1, 0.15) is 24.6 Å². The Bertz CT molecular complexity index is 547. The summed E-state index contributed by atoms with van der Waals surface area (Å²) in [4.78, 5) is 7.91. The summed E-state index contributed by atoms with van der Waals surface area (Å²) in [6.45, 7) is 1.88. The summed E-state index contributed by atoms with van der Waals surface area (Å²) >= 11 is 0. The third-order valence-corrected chi connectivity index (χ3v) is 2.50. The monoisotopic (exact) mass is 248 g/mol. The molecule has 94 valence electrons. The Hall–Kier alpha value is -2.21. The molecule has 0 unspecified atom stereocenters. The third kappa shape index (κ3) is 2.54. The van der Waals surface area contributed by atoms with Crippen molar-refractivity contribution in [2.75, 3.05) is 5.43 Å². The van der Waals surface area contributed by atoms with Crippen LogP contribution in [0.2, 0.25) is 0 Å². The molecule has 0 radical (unpaired) electrons. The van der Waals surface area contributed by atoms with Crippen molar-refractivity contribution in [1.82, 2.24) is 9.97 Å². The Morgan fingerprint density at radius 1 is 1.33 bits per heavy atom. The van der Waals surface area contributed by atoms with Gasteiger partial charge in [0.2, 0.25) is 5.88 Å². The highest BCUT2D eigenvalue weighted by molar-refractivity contribution is 5.46. The van der Waals surface area contributed by atoms with E-state index >= 15 is 0 Å². The highest BCUT2D eigenvalue weighted by atomic mass is 19.1. The van der Waals surface area contributed by atoms with Crippen molar-refractivity contribution in [1.29, 1.82) is 0 Å². The maximum Gasteiger partial charge on any atom is 0.221 e. The molecule has 3 N–H and O–H groups in total. The van der Waals surface area contributed by atoms with Gasteiger partial charge < -0.3 is 10.2 Å². The Morgan fingerprint density at radius 3 is 2.83 bits per heavy atom. The van der Waals surface area contributed by atoms with Gasteiger partial charge in [0, 0.05) is 5.56 Å². The van der Waals surface area contributed by atoms with Crippen LogP contribution >= 0.6 is 0 Å². The van der Waals surface area contributed by atoms with Crippen LogP contribution in [0.15, 0.2) is 30.6 Å². The van der Waals surface area contributed by atoms with E-state index in [1.54, 1.807) is 25.1 Å². The summed E-state index contributed by atoms with van der Waals surface area (Å²) < 4.78 is 18.9. The first-order chi connectivity index (χ1) is 8.72. The smallest absolute Gasteiger partial charge is 0.221 e. The Balaban J connectivity index is 2.14. The molecule has 0 bridgehead atoms. The quantitative estimate of drug-likeness (QED) is 0.637. The summed E-state index contributed by atoms with van der Waals surface area (Å²) in [7, 11) is 0. The predicted octanol–water partition coefficient (Wildman–Crippen LogP) is 1.79. The summed E-state index contributed by atoms with van der Waals surface area (Å²) in [5.74, 6) is 5.85. The fourth-order valence-corrected chi connectivity index (χ4v) is 1.49. The molecule has 18 heavy (non-hydrogen) atoms. The van der Waals surface area contributed by atoms with E-state index in [-0.39, 0.29) is 12.4 Å². The van der Waals surface area contributed by atoms with Crippen LogP contribution in [0.5, 0.6) is 5.88 Å². The van der Waals surface area contributed by atoms with Crippen molar-refractivity contribution in [3.63, 3.8) is 0 Å². The van der Waals surface area contributed by atoms with Crippen LogP contribution in [0.4, 0.5) is 10.2 Å². The minimum absolute atomic E-state index is 0.106. The van der Waals surface area contributed by atoms with Crippen LogP contribution in [0, 0.1) is 12.7 Å². The molecule has 2 rings (SSSR count). The van der Waals surface area contributed by atoms with Gasteiger partial charge >= 0.3 is 0 Å². The molecular weight excluding hydrogens is 235 g/mol. The van der Waals surface area contributed by atoms with Gasteiger partial charge in [-0.1, -0.05) is 18.2 Å². The summed E-state index contributed by atoms with van der Waals surface area (Å²) in [5.41, 5.74) is 3.59. The van der Waals surface area contributed by atoms with Crippen LogP contribution < -0.4 is 16.0 Å². The van der Waals surface area contributed by atoms with E-state index in [0.717, 1.165) is 0 Å². The van der Waals surface area contributed by atoms with E-state index in [4.69, 9.17) is 10.6 Å². The van der Waals surface area contributed by atoms with E-state index in [1.807, 2.05) is 0 Å². The lowest BCUT2D eigenvalue weighted by molar-refractivity contribution is 0.285. The number of aromatic nitrogens is 2. The molecule has 0 spiro atoms. The largest absolute Gasteiger partial charge is 0.472 e. The fourth-order valence-electron chi connectivity index (χ4n) is 1.49. The number of hydrazine groups is 1. The standard InChI is InChI=1S/C12H13FN4O/c1-8-11(17-14)15-7-16-12(8)18-6-9-4-2-3-5-10(9)13/h2-5,7H,6,14H2,1H3,(H,15,16,17). The first kappa shape index (κ1) is 12.3. The van der Waals surface area contributed by atoms with Crippen LogP contribution in [-0.4, -0.2) is 9.97 Å². The van der Waals surface area contributed by atoms with E-state index in [2.05, 4.69) is 15.4 Å². The van der Waals surface area contributed by atoms with Crippen LogP contribution in [-0.2, 0) is 6.61 Å². The molecule has 0 saturated carbocycles. The number of ether oxygens (including phenoxy) is 1. The molecule has 0 aliphatic carbocycles. The highest BCUT2D eigenvalue weighted by Crippen LogP contribution is 2.20. The predicted molar refractivity (Wildman–Crippen MR) is 65.3 cm³/mol. The van der Waals surface area contributed by atoms with Gasteiger partial charge in [-0.05, 0) is 13.0 Å². The number of benzene rings is 1. The average molecular weight is 248 g/mol. The molecule has 5 nitrogen and oxygen atoms in total. The summed E-state index contributed by atoms with van der Waals surface area (Å²) in [5, 5.41) is 0. The van der Waals surface area contributed by atoms with E-state index in [0.29, 0.717) is 22.8 Å². The van der Waals surface area contributed by atoms with Gasteiger partial charge in [-0.25, -0.2) is 20.2 Å². The van der Waals surface area contributed by atoms with E-state index in [1.165, 1.54) is 12.4 Å². The van der Waals surface area contributed by atoms with Crippen LogP contribution in [0.25, 0.3) is 0 Å². The Morgan fingerprint density at radius 2 is 2.11 bits per heavy atom. The number of anilines is 1. The van der Waals surface area contributed by atoms with Gasteiger partial charge in [0.15, 0.2) is 0 Å². The first-order valence-electron chi connectivity index (χ1n) is 5.36. The first-order valence-corrected chi connectivity index (χ1v) is 5.36. The van der Waals surface area contributed by atoms with Gasteiger partial charge in [0.25, 0.3) is 0 Å². The molecule has 0 fully saturated rings. The Kier molecular flexibility index (Phi) is 3.69. The molecule has 0 aliphatic rings. The van der Waals surface area contributed by atoms with Gasteiger partial charge in [-0.2, -0.15) is 0 Å². The molecule has 2 aromatic rings. The molecule has 1 heterocycles. The zero-order chi connectivity index (χ0) is 13.0. The highest BCUT2D eigenvalue weighted by Gasteiger charge is 2.08. The zero-order valence-electron chi connectivity index (χ0n) is 9.85. The van der Waals surface area contributed by atoms with E-state index in [9.17, 15) is 4.39 Å². The lowest BCUT2D eigenvalue weighted by Crippen LogP contribution is -2.11. The second-order valence-corrected chi connectivity index (χ2v) is 3.68. The van der Waals surface area contributed by atoms with Gasteiger partial charge in [0.05, 0.1) is 5.56 Å². The molecule has 1 aromatic heterocycles. The van der Waals surface area contributed by atoms with Crippen molar-refractivity contribution < 1.29 is 9.13 Å². The number of rotatable bonds is 4. The number of nitrogen functional groups attached to an aromatic ring is 1. The van der Waals surface area contributed by atoms with Crippen LogP contribution in [0.1, 0.15) is 11.1 Å². The third-order valence-electron chi connectivity index (χ3n) is 2.50. The topological polar surface area (TPSA) is 73.1 Å². The molecule has 6 heteroatoms. The number of nitrogens with one attached hydrogen (secondary N) is 1. The Labute approximate surface area is 104 Å². The molecular formula is C12H13FN4O. The second kappa shape index (κ2) is 5.42. The minimum atomic E-state index is -0.304. The molecule has 0 atom stereocenters. The zero-order valence-corrected chi connectivity index (χ0v) is 9.85. The number of halogens is 1. The summed E-state index contributed by atoms with van der Waals surface area (Å²) in [6.07, 6.45) is 1.33. The lowest BCUT2D eigenvalue weighted by Gasteiger charge is -2.10. The maximum absolute atomic E-state index is 13.4. The van der Waals surface area contributed by atoms with Crippen molar-refractivity contribution in [3.05, 3.63) is 47.5 Å². The van der Waals surface area contributed by atoms with Gasteiger partial charge in [-0.15, -0.1) is 0 Å². The summed E-state index contributed by atoms with van der Waals surface area (Å²) in [6, 6.07) is 6.43. The van der Waals surface area contributed by atoms with Crippen molar-refractivity contribution in [3.8, 4) is 5.88 Å². The van der Waals surface area contributed by atoms with Crippen molar-refractivity contribution in [2.45, 2.75) is 13.5 Å². The molecule has 0 saturated heterocycles. The molecule has 1 aromatic carbocycles. The normalized spacial score (nSPS) is 10.2.